The number of cyclic esters (lactones) is 1. The summed E-state index contributed by atoms with van der Waals surface area (Å²) in [7, 11) is 0. The third-order valence-electron chi connectivity index (χ3n) is 4.79. The van der Waals surface area contributed by atoms with Crippen LogP contribution in [0.3, 0.4) is 0 Å². The van der Waals surface area contributed by atoms with Gasteiger partial charge in [-0.15, -0.1) is 0 Å². The second kappa shape index (κ2) is 6.64. The summed E-state index contributed by atoms with van der Waals surface area (Å²) in [5.74, 6) is -0.741. The number of nitrogens with one attached hydrogen (secondary N) is 1. The van der Waals surface area contributed by atoms with E-state index in [1.165, 1.54) is 0 Å². The van der Waals surface area contributed by atoms with Crippen LogP contribution in [0.1, 0.15) is 28.4 Å². The molecule has 0 radical (unpaired) electrons. The zero-order valence-corrected chi connectivity index (χ0v) is 14.5. The van der Waals surface area contributed by atoms with E-state index in [2.05, 4.69) is 12.2 Å². The average Bonchev–Trinajstić information content (AvgIpc) is 2.67. The quantitative estimate of drug-likeness (QED) is 0.727. The Balaban J connectivity index is 1.59. The molecular weight excluding hydrogens is 326 g/mol. The molecule has 1 aliphatic rings. The Morgan fingerprint density at radius 2 is 1.92 bits per heavy atom. The number of esters is 1. The topological polar surface area (TPSA) is 55.4 Å². The second-order valence-electron chi connectivity index (χ2n) is 6.46. The third kappa shape index (κ3) is 2.94. The molecule has 0 spiro atoms. The average molecular weight is 345 g/mol. The van der Waals surface area contributed by atoms with Crippen LogP contribution in [-0.4, -0.2) is 18.0 Å². The van der Waals surface area contributed by atoms with Crippen molar-refractivity contribution < 1.29 is 14.3 Å². The summed E-state index contributed by atoms with van der Waals surface area (Å²) in [6, 6.07) is 19.3. The van der Waals surface area contributed by atoms with Crippen molar-refractivity contribution in [3.63, 3.8) is 0 Å². The van der Waals surface area contributed by atoms with E-state index < -0.39 is 12.1 Å². The number of aryl methyl sites for hydroxylation is 1. The van der Waals surface area contributed by atoms with Crippen molar-refractivity contribution in [3.05, 3.63) is 77.4 Å². The van der Waals surface area contributed by atoms with E-state index in [0.29, 0.717) is 12.0 Å². The van der Waals surface area contributed by atoms with Crippen LogP contribution in [0.25, 0.3) is 10.8 Å². The standard InChI is InChI=1S/C22H19NO3/c1-2-14-10-11-18-16(12-14)13-20(26-22(18)25)21(24)23-19-9-5-7-15-6-3-4-8-17(15)19/h3-12,20H,2,13H2,1H3,(H,23,24). The molecule has 3 aromatic carbocycles. The van der Waals surface area contributed by atoms with Crippen molar-refractivity contribution in [3.8, 4) is 0 Å². The Labute approximate surface area is 151 Å². The predicted molar refractivity (Wildman–Crippen MR) is 101 cm³/mol. The molecule has 1 N–H and O–H groups in total. The largest absolute Gasteiger partial charge is 0.448 e. The lowest BCUT2D eigenvalue weighted by atomic mass is 9.95. The van der Waals surface area contributed by atoms with Crippen LogP contribution in [-0.2, 0) is 22.4 Å². The maximum atomic E-state index is 12.7. The maximum absolute atomic E-state index is 12.7. The Morgan fingerprint density at radius 1 is 1.12 bits per heavy atom. The first-order chi connectivity index (χ1) is 12.7. The lowest BCUT2D eigenvalue weighted by Gasteiger charge is -2.24. The van der Waals surface area contributed by atoms with Gasteiger partial charge in [0.05, 0.1) is 5.56 Å². The normalized spacial score (nSPS) is 16.0. The minimum Gasteiger partial charge on any atom is -0.448 e. The van der Waals surface area contributed by atoms with Gasteiger partial charge in [-0.1, -0.05) is 55.5 Å². The highest BCUT2D eigenvalue weighted by molar-refractivity contribution is 6.05. The lowest BCUT2D eigenvalue weighted by Crippen LogP contribution is -2.38. The first kappa shape index (κ1) is 16.3. The lowest BCUT2D eigenvalue weighted by molar-refractivity contribution is -0.125. The molecule has 0 saturated carbocycles. The molecule has 1 aliphatic heterocycles. The summed E-state index contributed by atoms with van der Waals surface area (Å²) < 4.78 is 5.38. The molecule has 4 rings (SSSR count). The van der Waals surface area contributed by atoms with Crippen molar-refractivity contribution in [2.75, 3.05) is 5.32 Å². The monoisotopic (exact) mass is 345 g/mol. The van der Waals surface area contributed by atoms with E-state index in [9.17, 15) is 9.59 Å². The first-order valence-electron chi connectivity index (χ1n) is 8.77. The molecule has 3 aromatic rings. The van der Waals surface area contributed by atoms with Gasteiger partial charge in [0.15, 0.2) is 6.10 Å². The molecule has 0 saturated heterocycles. The number of carbonyl (C=O) groups excluding carboxylic acids is 2. The van der Waals surface area contributed by atoms with Gasteiger partial charge in [-0.3, -0.25) is 4.79 Å². The van der Waals surface area contributed by atoms with Crippen molar-refractivity contribution >= 4 is 28.3 Å². The maximum Gasteiger partial charge on any atom is 0.339 e. The fraction of sp³-hybridized carbons (Fsp3) is 0.182. The fourth-order valence-electron chi connectivity index (χ4n) is 3.36. The molecular formula is C22H19NO3. The van der Waals surface area contributed by atoms with E-state index in [-0.39, 0.29) is 5.91 Å². The van der Waals surface area contributed by atoms with Crippen LogP contribution < -0.4 is 5.32 Å². The Bertz CT molecular complexity index is 1000. The van der Waals surface area contributed by atoms with Crippen molar-refractivity contribution in [2.24, 2.45) is 0 Å². The Morgan fingerprint density at radius 3 is 2.77 bits per heavy atom. The number of hydrogen-bond donors (Lipinski definition) is 1. The summed E-state index contributed by atoms with van der Waals surface area (Å²) in [5, 5.41) is 4.92. The summed E-state index contributed by atoms with van der Waals surface area (Å²) >= 11 is 0. The van der Waals surface area contributed by atoms with Crippen LogP contribution in [0, 0.1) is 0 Å². The molecule has 1 atom stereocenters. The van der Waals surface area contributed by atoms with E-state index >= 15 is 0 Å². The van der Waals surface area contributed by atoms with Crippen molar-refractivity contribution in [1.82, 2.24) is 0 Å². The smallest absolute Gasteiger partial charge is 0.339 e. The molecule has 0 aromatic heterocycles. The van der Waals surface area contributed by atoms with Gasteiger partial charge in [-0.25, -0.2) is 4.79 Å². The van der Waals surface area contributed by atoms with Gasteiger partial charge in [-0.2, -0.15) is 0 Å². The number of rotatable bonds is 3. The molecule has 4 nitrogen and oxygen atoms in total. The van der Waals surface area contributed by atoms with Crippen molar-refractivity contribution in [1.29, 1.82) is 0 Å². The summed E-state index contributed by atoms with van der Waals surface area (Å²) in [5.41, 5.74) is 3.29. The minimum absolute atomic E-state index is 0.303. The fourth-order valence-corrected chi connectivity index (χ4v) is 3.36. The number of anilines is 1. The van der Waals surface area contributed by atoms with Gasteiger partial charge in [-0.05, 0) is 35.1 Å². The van der Waals surface area contributed by atoms with E-state index in [1.807, 2.05) is 54.6 Å². The van der Waals surface area contributed by atoms with Crippen molar-refractivity contribution in [2.45, 2.75) is 25.9 Å². The summed E-state index contributed by atoms with van der Waals surface area (Å²) in [6.07, 6.45) is 0.460. The molecule has 4 heteroatoms. The number of ether oxygens (including phenoxy) is 1. The van der Waals surface area contributed by atoms with E-state index in [4.69, 9.17) is 4.74 Å². The SMILES string of the molecule is CCc1ccc2c(c1)CC(C(=O)Nc1cccc3ccccc13)OC2=O. The van der Waals surface area contributed by atoms with Gasteiger partial charge in [0.1, 0.15) is 0 Å². The minimum atomic E-state index is -0.818. The van der Waals surface area contributed by atoms with Crippen LogP contribution in [0.15, 0.2) is 60.7 Å². The summed E-state index contributed by atoms with van der Waals surface area (Å²) in [4.78, 5) is 25.0. The van der Waals surface area contributed by atoms with Gasteiger partial charge in [0.2, 0.25) is 0 Å². The van der Waals surface area contributed by atoms with Gasteiger partial charge in [0.25, 0.3) is 5.91 Å². The zero-order valence-electron chi connectivity index (χ0n) is 14.5. The van der Waals surface area contributed by atoms with Gasteiger partial charge in [0, 0.05) is 17.5 Å². The highest BCUT2D eigenvalue weighted by Gasteiger charge is 2.31. The molecule has 0 bridgehead atoms. The molecule has 1 heterocycles. The molecule has 0 fully saturated rings. The third-order valence-corrected chi connectivity index (χ3v) is 4.79. The van der Waals surface area contributed by atoms with Crippen LogP contribution in [0.4, 0.5) is 5.69 Å². The molecule has 1 amide bonds. The number of amides is 1. The van der Waals surface area contributed by atoms with Crippen LogP contribution >= 0.6 is 0 Å². The number of fused-ring (bicyclic) bond motifs is 2. The second-order valence-corrected chi connectivity index (χ2v) is 6.46. The Hall–Kier alpha value is -3.14. The highest BCUT2D eigenvalue weighted by atomic mass is 16.5. The van der Waals surface area contributed by atoms with Gasteiger partial charge < -0.3 is 10.1 Å². The summed E-state index contributed by atoms with van der Waals surface area (Å²) in [6.45, 7) is 2.06. The van der Waals surface area contributed by atoms with Gasteiger partial charge >= 0.3 is 5.97 Å². The van der Waals surface area contributed by atoms with E-state index in [1.54, 1.807) is 6.07 Å². The highest BCUT2D eigenvalue weighted by Crippen LogP contribution is 2.26. The Kier molecular flexibility index (Phi) is 4.17. The number of carbonyl (C=O) groups is 2. The molecule has 0 aliphatic carbocycles. The zero-order chi connectivity index (χ0) is 18.1. The van der Waals surface area contributed by atoms with Crippen LogP contribution in [0.5, 0.6) is 0 Å². The van der Waals surface area contributed by atoms with Crippen LogP contribution in [0.2, 0.25) is 0 Å². The molecule has 1 unspecified atom stereocenters. The number of hydrogen-bond acceptors (Lipinski definition) is 3. The van der Waals surface area contributed by atoms with E-state index in [0.717, 1.165) is 34.0 Å². The predicted octanol–water partition coefficient (Wildman–Crippen LogP) is 4.12. The number of benzene rings is 3. The molecule has 130 valence electrons. The first-order valence-corrected chi connectivity index (χ1v) is 8.77. The molecule has 26 heavy (non-hydrogen) atoms.